The van der Waals surface area contributed by atoms with Crippen molar-refractivity contribution in [3.63, 3.8) is 0 Å². The molecule has 1 aromatic carbocycles. The summed E-state index contributed by atoms with van der Waals surface area (Å²) < 4.78 is 9.96. The first-order valence-corrected chi connectivity index (χ1v) is 6.48. The summed E-state index contributed by atoms with van der Waals surface area (Å²) in [7, 11) is 0. The minimum absolute atomic E-state index is 0.0229. The molecule has 0 bridgehead atoms. The molecule has 0 amide bonds. The lowest BCUT2D eigenvalue weighted by Gasteiger charge is -2.07. The maximum atomic E-state index is 11.6. The molecule has 0 aliphatic carbocycles. The lowest BCUT2D eigenvalue weighted by atomic mass is 10.2. The highest BCUT2D eigenvalue weighted by molar-refractivity contribution is 5.89. The van der Waals surface area contributed by atoms with Crippen LogP contribution in [0.2, 0.25) is 0 Å². The zero-order chi connectivity index (χ0) is 15.2. The number of rotatable bonds is 5. The fourth-order valence-corrected chi connectivity index (χ4v) is 1.86. The molecule has 5 nitrogen and oxygen atoms in total. The van der Waals surface area contributed by atoms with Gasteiger partial charge in [0.05, 0.1) is 11.3 Å². The van der Waals surface area contributed by atoms with Crippen molar-refractivity contribution in [1.82, 2.24) is 5.16 Å². The number of terminal acetylenes is 1. The molecule has 0 aliphatic heterocycles. The van der Waals surface area contributed by atoms with Crippen molar-refractivity contribution in [2.45, 2.75) is 20.4 Å². The number of ether oxygens (including phenoxy) is 1. The average molecular weight is 284 g/mol. The number of anilines is 1. The highest BCUT2D eigenvalue weighted by Crippen LogP contribution is 2.16. The third-order valence-electron chi connectivity index (χ3n) is 3.06. The maximum absolute atomic E-state index is 11.6. The van der Waals surface area contributed by atoms with Crippen LogP contribution in [0.1, 0.15) is 27.4 Å². The molecule has 2 rings (SSSR count). The van der Waals surface area contributed by atoms with Crippen LogP contribution in [0.3, 0.4) is 0 Å². The van der Waals surface area contributed by atoms with E-state index in [9.17, 15) is 4.79 Å². The minimum Gasteiger partial charge on any atom is -0.449 e. The lowest BCUT2D eigenvalue weighted by molar-refractivity contribution is 0.0557. The van der Waals surface area contributed by atoms with Gasteiger partial charge in [-0.3, -0.25) is 0 Å². The van der Waals surface area contributed by atoms with E-state index in [0.29, 0.717) is 12.1 Å². The van der Waals surface area contributed by atoms with Gasteiger partial charge in [-0.25, -0.2) is 4.79 Å². The molecule has 1 heterocycles. The summed E-state index contributed by atoms with van der Waals surface area (Å²) in [5.41, 5.74) is 3.26. The summed E-state index contributed by atoms with van der Waals surface area (Å²) in [6, 6.07) is 7.00. The number of aromatic nitrogens is 1. The Balaban J connectivity index is 1.97. The zero-order valence-electron chi connectivity index (χ0n) is 12.0. The molecule has 0 atom stereocenters. The Morgan fingerprint density at radius 1 is 1.38 bits per heavy atom. The van der Waals surface area contributed by atoms with E-state index in [1.165, 1.54) is 0 Å². The van der Waals surface area contributed by atoms with Gasteiger partial charge in [-0.15, -0.1) is 6.42 Å². The second-order valence-electron chi connectivity index (χ2n) is 4.51. The number of nitrogens with one attached hydrogen (secondary N) is 1. The molecule has 0 aliphatic rings. The Hall–Kier alpha value is -2.74. The number of hydrogen-bond acceptors (Lipinski definition) is 5. The molecule has 5 heteroatoms. The Labute approximate surface area is 123 Å². The van der Waals surface area contributed by atoms with Crippen LogP contribution in [0.4, 0.5) is 5.69 Å². The van der Waals surface area contributed by atoms with E-state index in [1.807, 2.05) is 26.0 Å². The number of nitrogens with zero attached hydrogens (tertiary/aromatic N) is 1. The Morgan fingerprint density at radius 3 is 2.67 bits per heavy atom. The molecular weight excluding hydrogens is 268 g/mol. The SMILES string of the molecule is C#CCOC(=O)c1ccc(NCc2c(C)noc2C)cc1. The van der Waals surface area contributed by atoms with Crippen molar-refractivity contribution in [2.24, 2.45) is 0 Å². The summed E-state index contributed by atoms with van der Waals surface area (Å²) in [6.07, 6.45) is 5.04. The van der Waals surface area contributed by atoms with Crippen LogP contribution in [0.25, 0.3) is 0 Å². The molecule has 0 fully saturated rings. The molecule has 21 heavy (non-hydrogen) atoms. The van der Waals surface area contributed by atoms with Crippen molar-refractivity contribution in [3.05, 3.63) is 46.8 Å². The predicted octanol–water partition coefficient (Wildman–Crippen LogP) is 2.69. The van der Waals surface area contributed by atoms with Gasteiger partial charge in [0.15, 0.2) is 6.61 Å². The zero-order valence-corrected chi connectivity index (χ0v) is 12.0. The van der Waals surface area contributed by atoms with Gasteiger partial charge in [-0.05, 0) is 38.1 Å². The van der Waals surface area contributed by atoms with Crippen molar-refractivity contribution >= 4 is 11.7 Å². The summed E-state index contributed by atoms with van der Waals surface area (Å²) in [4.78, 5) is 11.6. The standard InChI is InChI=1S/C16H16N2O3/c1-4-9-20-16(19)13-5-7-14(8-6-13)17-10-15-11(2)18-21-12(15)3/h1,5-8,17H,9-10H2,2-3H3. The van der Waals surface area contributed by atoms with E-state index >= 15 is 0 Å². The molecule has 108 valence electrons. The summed E-state index contributed by atoms with van der Waals surface area (Å²) in [5.74, 6) is 2.63. The molecule has 0 saturated heterocycles. The highest BCUT2D eigenvalue weighted by Gasteiger charge is 2.09. The second-order valence-corrected chi connectivity index (χ2v) is 4.51. The normalized spacial score (nSPS) is 9.95. The molecular formula is C16H16N2O3. The predicted molar refractivity (Wildman–Crippen MR) is 78.9 cm³/mol. The van der Waals surface area contributed by atoms with Gasteiger partial charge in [0.25, 0.3) is 0 Å². The number of benzene rings is 1. The quantitative estimate of drug-likeness (QED) is 0.675. The van der Waals surface area contributed by atoms with Crippen LogP contribution in [-0.2, 0) is 11.3 Å². The number of aryl methyl sites for hydroxylation is 2. The van der Waals surface area contributed by atoms with Crippen molar-refractivity contribution in [3.8, 4) is 12.3 Å². The fraction of sp³-hybridized carbons (Fsp3) is 0.250. The van der Waals surface area contributed by atoms with Gasteiger partial charge in [0.2, 0.25) is 0 Å². The fourth-order valence-electron chi connectivity index (χ4n) is 1.86. The molecule has 1 N–H and O–H groups in total. The highest BCUT2D eigenvalue weighted by atomic mass is 16.5. The van der Waals surface area contributed by atoms with Crippen LogP contribution in [0.15, 0.2) is 28.8 Å². The summed E-state index contributed by atoms with van der Waals surface area (Å²) >= 11 is 0. The van der Waals surface area contributed by atoms with Crippen molar-refractivity contribution < 1.29 is 14.1 Å². The number of carbonyl (C=O) groups is 1. The largest absolute Gasteiger partial charge is 0.449 e. The second kappa shape index (κ2) is 6.62. The van der Waals surface area contributed by atoms with Crippen LogP contribution in [-0.4, -0.2) is 17.7 Å². The van der Waals surface area contributed by atoms with E-state index in [1.54, 1.807) is 12.1 Å². The Morgan fingerprint density at radius 2 is 2.10 bits per heavy atom. The third-order valence-corrected chi connectivity index (χ3v) is 3.06. The van der Waals surface area contributed by atoms with Crippen LogP contribution < -0.4 is 5.32 Å². The molecule has 0 saturated carbocycles. The first kappa shape index (κ1) is 14.7. The minimum atomic E-state index is -0.426. The van der Waals surface area contributed by atoms with Crippen molar-refractivity contribution in [1.29, 1.82) is 0 Å². The van der Waals surface area contributed by atoms with Gasteiger partial charge in [0.1, 0.15) is 5.76 Å². The number of hydrogen-bond donors (Lipinski definition) is 1. The van der Waals surface area contributed by atoms with Gasteiger partial charge in [0, 0.05) is 17.8 Å². The van der Waals surface area contributed by atoms with E-state index in [0.717, 1.165) is 22.7 Å². The molecule has 1 aromatic heterocycles. The number of esters is 1. The van der Waals surface area contributed by atoms with Crippen LogP contribution in [0, 0.1) is 26.2 Å². The Bertz CT molecular complexity index is 646. The van der Waals surface area contributed by atoms with Gasteiger partial charge in [-0.2, -0.15) is 0 Å². The smallest absolute Gasteiger partial charge is 0.339 e. The average Bonchev–Trinajstić information content (AvgIpc) is 2.82. The summed E-state index contributed by atoms with van der Waals surface area (Å²) in [6.45, 7) is 4.37. The first-order chi connectivity index (χ1) is 10.1. The maximum Gasteiger partial charge on any atom is 0.339 e. The van der Waals surface area contributed by atoms with Crippen LogP contribution in [0.5, 0.6) is 0 Å². The van der Waals surface area contributed by atoms with Crippen LogP contribution >= 0.6 is 0 Å². The van der Waals surface area contributed by atoms with E-state index in [-0.39, 0.29) is 6.61 Å². The van der Waals surface area contributed by atoms with Gasteiger partial charge >= 0.3 is 5.97 Å². The topological polar surface area (TPSA) is 64.4 Å². The van der Waals surface area contributed by atoms with Crippen molar-refractivity contribution in [2.75, 3.05) is 11.9 Å². The van der Waals surface area contributed by atoms with E-state index in [2.05, 4.69) is 16.4 Å². The first-order valence-electron chi connectivity index (χ1n) is 6.48. The Kier molecular flexibility index (Phi) is 4.62. The monoisotopic (exact) mass is 284 g/mol. The van der Waals surface area contributed by atoms with Gasteiger partial charge < -0.3 is 14.6 Å². The van der Waals surface area contributed by atoms with E-state index < -0.39 is 5.97 Å². The van der Waals surface area contributed by atoms with Gasteiger partial charge in [-0.1, -0.05) is 11.1 Å². The number of carbonyl (C=O) groups excluding carboxylic acids is 1. The molecule has 0 radical (unpaired) electrons. The third kappa shape index (κ3) is 3.63. The van der Waals surface area contributed by atoms with E-state index in [4.69, 9.17) is 15.7 Å². The molecule has 2 aromatic rings. The molecule has 0 unspecified atom stereocenters. The lowest BCUT2D eigenvalue weighted by Crippen LogP contribution is -2.06. The summed E-state index contributed by atoms with van der Waals surface area (Å²) in [5, 5.41) is 7.16. The molecule has 0 spiro atoms.